The number of hydrogen-bond donors (Lipinski definition) is 1. The SMILES string of the molecule is CC(=O)c1nc2n(c(=O)c1OCc1ccccc1)CC1CCC2(OCC(=O)O)CC1. The molecule has 0 atom stereocenters. The minimum absolute atomic E-state index is 0.0363. The third kappa shape index (κ3) is 3.75. The molecule has 1 aliphatic carbocycles. The van der Waals surface area contributed by atoms with Gasteiger partial charge in [0, 0.05) is 13.5 Å². The molecule has 30 heavy (non-hydrogen) atoms. The molecule has 2 bridgehead atoms. The molecule has 8 heteroatoms. The number of ketones is 1. The predicted octanol–water partition coefficient (Wildman–Crippen LogP) is 2.53. The number of aromatic nitrogens is 2. The molecule has 8 nitrogen and oxygen atoms in total. The van der Waals surface area contributed by atoms with Crippen molar-refractivity contribution in [1.29, 1.82) is 0 Å². The molecule has 0 amide bonds. The third-order valence-electron chi connectivity index (χ3n) is 5.92. The Morgan fingerprint density at radius 1 is 1.23 bits per heavy atom. The highest BCUT2D eigenvalue weighted by atomic mass is 16.5. The predicted molar refractivity (Wildman–Crippen MR) is 106 cm³/mol. The number of Topliss-reactive ketones (excluding diaryl/α,β-unsaturated/α-hetero) is 1. The molecule has 2 aromatic rings. The molecule has 3 aliphatic rings. The fraction of sp³-hybridized carbons (Fsp3) is 0.455. The lowest BCUT2D eigenvalue weighted by molar-refractivity contribution is -0.154. The average Bonchev–Trinajstić information content (AvgIpc) is 2.99. The summed E-state index contributed by atoms with van der Waals surface area (Å²) in [4.78, 5) is 41.4. The standard InChI is InChI=1S/C22H24N2O6/c1-14(25)18-19(29-12-16-5-3-2-4-6-16)20(28)24-11-15-7-9-22(10-8-15,21(24)23-18)30-13-17(26)27/h2-6,15H,7-13H2,1H3,(H,26,27). The van der Waals surface area contributed by atoms with Gasteiger partial charge in [-0.1, -0.05) is 30.3 Å². The number of hydrogen-bond acceptors (Lipinski definition) is 6. The van der Waals surface area contributed by atoms with E-state index in [1.165, 1.54) is 11.5 Å². The van der Waals surface area contributed by atoms with Gasteiger partial charge in [0.05, 0.1) is 0 Å². The zero-order valence-electron chi connectivity index (χ0n) is 16.8. The van der Waals surface area contributed by atoms with E-state index in [0.29, 0.717) is 25.2 Å². The van der Waals surface area contributed by atoms with Crippen LogP contribution in [0, 0.1) is 5.92 Å². The Kier molecular flexibility index (Phi) is 5.42. The second kappa shape index (κ2) is 8.02. The number of rotatable bonds is 7. The summed E-state index contributed by atoms with van der Waals surface area (Å²) in [6.45, 7) is 1.45. The van der Waals surface area contributed by atoms with Crippen LogP contribution in [0.15, 0.2) is 35.1 Å². The summed E-state index contributed by atoms with van der Waals surface area (Å²) in [5.41, 5.74) is -0.566. The number of carbonyl (C=O) groups is 2. The van der Waals surface area contributed by atoms with E-state index in [0.717, 1.165) is 18.4 Å². The van der Waals surface area contributed by atoms with E-state index in [-0.39, 0.29) is 29.8 Å². The zero-order valence-corrected chi connectivity index (χ0v) is 16.8. The topological polar surface area (TPSA) is 108 Å². The number of nitrogens with zero attached hydrogens (tertiary/aromatic N) is 2. The molecule has 158 valence electrons. The number of carbonyl (C=O) groups excluding carboxylic acids is 1. The quantitative estimate of drug-likeness (QED) is 0.696. The fourth-order valence-corrected chi connectivity index (χ4v) is 4.37. The number of fused-ring (bicyclic) bond motifs is 2. The Morgan fingerprint density at radius 2 is 1.93 bits per heavy atom. The number of benzene rings is 1. The van der Waals surface area contributed by atoms with Crippen LogP contribution in [0.4, 0.5) is 0 Å². The molecule has 1 aromatic heterocycles. The van der Waals surface area contributed by atoms with Gasteiger partial charge < -0.3 is 14.6 Å². The first kappa shape index (κ1) is 20.3. The van der Waals surface area contributed by atoms with E-state index >= 15 is 0 Å². The molecular formula is C22H24N2O6. The lowest BCUT2D eigenvalue weighted by Crippen LogP contribution is -2.39. The summed E-state index contributed by atoms with van der Waals surface area (Å²) in [6.07, 6.45) is 2.74. The fourth-order valence-electron chi connectivity index (χ4n) is 4.37. The van der Waals surface area contributed by atoms with Crippen molar-refractivity contribution in [2.24, 2.45) is 5.92 Å². The molecule has 3 heterocycles. The van der Waals surface area contributed by atoms with Gasteiger partial charge in [0.15, 0.2) is 11.5 Å². The molecule has 0 radical (unpaired) electrons. The lowest BCUT2D eigenvalue weighted by Gasteiger charge is -2.35. The first-order valence-corrected chi connectivity index (χ1v) is 10.1. The smallest absolute Gasteiger partial charge is 0.329 e. The third-order valence-corrected chi connectivity index (χ3v) is 5.92. The Labute approximate surface area is 173 Å². The van der Waals surface area contributed by atoms with Crippen LogP contribution in [-0.4, -0.2) is 33.0 Å². The first-order chi connectivity index (χ1) is 14.4. The van der Waals surface area contributed by atoms with E-state index in [1.807, 2.05) is 30.3 Å². The maximum Gasteiger partial charge on any atom is 0.329 e. The van der Waals surface area contributed by atoms with Crippen LogP contribution >= 0.6 is 0 Å². The summed E-state index contributed by atoms with van der Waals surface area (Å²) in [5, 5.41) is 9.12. The minimum atomic E-state index is -1.08. The normalized spacial score (nSPS) is 22.2. The van der Waals surface area contributed by atoms with E-state index < -0.39 is 23.7 Å². The second-order valence-corrected chi connectivity index (χ2v) is 7.98. The maximum absolute atomic E-state index is 13.4. The van der Waals surface area contributed by atoms with Gasteiger partial charge >= 0.3 is 5.97 Å². The van der Waals surface area contributed by atoms with Crippen LogP contribution in [-0.2, 0) is 28.3 Å². The second-order valence-electron chi connectivity index (χ2n) is 7.98. The van der Waals surface area contributed by atoms with Gasteiger partial charge in [0.25, 0.3) is 5.56 Å². The maximum atomic E-state index is 13.4. The largest absolute Gasteiger partial charge is 0.481 e. The molecule has 1 N–H and O–H groups in total. The molecule has 1 fully saturated rings. The Bertz CT molecular complexity index is 1020. The van der Waals surface area contributed by atoms with Crippen LogP contribution in [0.25, 0.3) is 0 Å². The van der Waals surface area contributed by atoms with Crippen molar-refractivity contribution in [3.05, 3.63) is 57.8 Å². The molecule has 1 saturated carbocycles. The molecule has 0 unspecified atom stereocenters. The average molecular weight is 412 g/mol. The van der Waals surface area contributed by atoms with Crippen molar-refractivity contribution in [3.63, 3.8) is 0 Å². The van der Waals surface area contributed by atoms with Crippen LogP contribution in [0.1, 0.15) is 54.5 Å². The summed E-state index contributed by atoms with van der Waals surface area (Å²) in [5.74, 6) is -0.918. The minimum Gasteiger partial charge on any atom is -0.481 e. The monoisotopic (exact) mass is 412 g/mol. The summed E-state index contributed by atoms with van der Waals surface area (Å²) < 4.78 is 13.1. The number of carboxylic acids is 1. The highest BCUT2D eigenvalue weighted by molar-refractivity contribution is 5.94. The summed E-state index contributed by atoms with van der Waals surface area (Å²) in [6, 6.07) is 9.37. The van der Waals surface area contributed by atoms with Crippen molar-refractivity contribution < 1.29 is 24.2 Å². The van der Waals surface area contributed by atoms with Crippen LogP contribution in [0.3, 0.4) is 0 Å². The van der Waals surface area contributed by atoms with Gasteiger partial charge in [-0.2, -0.15) is 0 Å². The Hall–Kier alpha value is -3.00. The molecule has 0 saturated heterocycles. The van der Waals surface area contributed by atoms with Crippen molar-refractivity contribution in [2.45, 2.75) is 51.4 Å². The van der Waals surface area contributed by atoms with Crippen LogP contribution < -0.4 is 10.3 Å². The van der Waals surface area contributed by atoms with Crippen molar-refractivity contribution in [3.8, 4) is 5.75 Å². The molecular weight excluding hydrogens is 388 g/mol. The van der Waals surface area contributed by atoms with E-state index in [1.54, 1.807) is 0 Å². The van der Waals surface area contributed by atoms with E-state index in [4.69, 9.17) is 14.6 Å². The van der Waals surface area contributed by atoms with Crippen LogP contribution in [0.5, 0.6) is 5.75 Å². The highest BCUT2D eigenvalue weighted by Gasteiger charge is 2.46. The van der Waals surface area contributed by atoms with Gasteiger partial charge in [-0.25, -0.2) is 9.78 Å². The lowest BCUT2D eigenvalue weighted by atomic mass is 9.80. The molecule has 2 aliphatic heterocycles. The zero-order chi connectivity index (χ0) is 21.3. The Balaban J connectivity index is 1.79. The van der Waals surface area contributed by atoms with E-state index in [9.17, 15) is 14.4 Å². The summed E-state index contributed by atoms with van der Waals surface area (Å²) >= 11 is 0. The van der Waals surface area contributed by atoms with Gasteiger partial charge in [0.2, 0.25) is 5.75 Å². The van der Waals surface area contributed by atoms with Gasteiger partial charge in [0.1, 0.15) is 24.6 Å². The number of carboxylic acid groups (broad SMARTS) is 1. The van der Waals surface area contributed by atoms with Crippen molar-refractivity contribution in [1.82, 2.24) is 9.55 Å². The van der Waals surface area contributed by atoms with E-state index in [2.05, 4.69) is 4.98 Å². The molecule has 0 spiro atoms. The first-order valence-electron chi connectivity index (χ1n) is 10.1. The molecule has 5 rings (SSSR count). The Morgan fingerprint density at radius 3 is 2.57 bits per heavy atom. The summed E-state index contributed by atoms with van der Waals surface area (Å²) in [7, 11) is 0. The van der Waals surface area contributed by atoms with Crippen molar-refractivity contribution in [2.75, 3.05) is 6.61 Å². The highest BCUT2D eigenvalue weighted by Crippen LogP contribution is 2.45. The number of ether oxygens (including phenoxy) is 2. The van der Waals surface area contributed by atoms with Gasteiger partial charge in [-0.05, 0) is 37.2 Å². The molecule has 1 aromatic carbocycles. The van der Waals surface area contributed by atoms with Crippen molar-refractivity contribution >= 4 is 11.8 Å². The van der Waals surface area contributed by atoms with Crippen LogP contribution in [0.2, 0.25) is 0 Å². The van der Waals surface area contributed by atoms with Gasteiger partial charge in [-0.3, -0.25) is 14.2 Å². The number of aliphatic carboxylic acids is 1. The van der Waals surface area contributed by atoms with Gasteiger partial charge in [-0.15, -0.1) is 0 Å².